The van der Waals surface area contributed by atoms with Crippen LogP contribution in [0.4, 0.5) is 5.69 Å². The molecule has 4 aromatic rings. The molecule has 4 rings (SSSR count). The summed E-state index contributed by atoms with van der Waals surface area (Å²) in [7, 11) is 0. The van der Waals surface area contributed by atoms with Crippen molar-refractivity contribution in [3.63, 3.8) is 0 Å². The van der Waals surface area contributed by atoms with Crippen molar-refractivity contribution in [2.75, 3.05) is 0 Å². The molecule has 1 aromatic heterocycles. The van der Waals surface area contributed by atoms with Gasteiger partial charge in [-0.15, -0.1) is 0 Å². The van der Waals surface area contributed by atoms with Gasteiger partial charge in [0.2, 0.25) is 0 Å². The molecule has 0 saturated carbocycles. The Bertz CT molecular complexity index is 1210. The van der Waals surface area contributed by atoms with Crippen LogP contribution >= 0.6 is 11.6 Å². The monoisotopic (exact) mass is 364 g/mol. The second-order valence-corrected chi connectivity index (χ2v) is 6.46. The minimum Gasteiger partial charge on any atom is -0.303 e. The number of nitro benzene ring substituents is 1. The van der Waals surface area contributed by atoms with Crippen molar-refractivity contribution in [1.82, 2.24) is 4.57 Å². The van der Waals surface area contributed by atoms with Gasteiger partial charge >= 0.3 is 0 Å². The number of non-ortho nitro benzene ring substituents is 1. The molecule has 0 bridgehead atoms. The summed E-state index contributed by atoms with van der Waals surface area (Å²) in [5.41, 5.74) is 1.46. The van der Waals surface area contributed by atoms with Crippen molar-refractivity contribution in [3.8, 4) is 0 Å². The van der Waals surface area contributed by atoms with Gasteiger partial charge in [0, 0.05) is 27.9 Å². The highest BCUT2D eigenvalue weighted by Gasteiger charge is 2.14. The first-order chi connectivity index (χ1) is 12.5. The number of halogens is 1. The summed E-state index contributed by atoms with van der Waals surface area (Å²) in [6, 6.07) is 19.0. The third kappa shape index (κ3) is 2.72. The Balaban J connectivity index is 2.04. The number of nitro groups is 1. The molecule has 3 aromatic carbocycles. The lowest BCUT2D eigenvalue weighted by Gasteiger charge is -2.13. The molecule has 1 heterocycles. The van der Waals surface area contributed by atoms with Gasteiger partial charge in [0.15, 0.2) is 0 Å². The fourth-order valence-corrected chi connectivity index (χ4v) is 3.30. The van der Waals surface area contributed by atoms with Crippen molar-refractivity contribution < 1.29 is 4.92 Å². The second-order valence-electron chi connectivity index (χ2n) is 6.02. The zero-order valence-electron chi connectivity index (χ0n) is 13.6. The minimum atomic E-state index is -0.428. The van der Waals surface area contributed by atoms with Crippen LogP contribution in [0, 0.1) is 10.1 Å². The average Bonchev–Trinajstić information content (AvgIpc) is 2.66. The molecule has 0 unspecified atom stereocenters. The molecule has 6 heteroatoms. The van der Waals surface area contributed by atoms with Crippen molar-refractivity contribution in [3.05, 3.63) is 97.8 Å². The van der Waals surface area contributed by atoms with E-state index in [1.807, 2.05) is 24.3 Å². The summed E-state index contributed by atoms with van der Waals surface area (Å²) >= 11 is 5.93. The number of nitrogens with zero attached hydrogens (tertiary/aromatic N) is 2. The number of benzene rings is 3. The third-order valence-electron chi connectivity index (χ3n) is 4.43. The van der Waals surface area contributed by atoms with Crippen molar-refractivity contribution in [2.45, 2.75) is 6.54 Å². The highest BCUT2D eigenvalue weighted by atomic mass is 35.5. The number of fused-ring (bicyclic) bond motifs is 3. The molecule has 0 fully saturated rings. The van der Waals surface area contributed by atoms with E-state index in [1.54, 1.807) is 34.9 Å². The van der Waals surface area contributed by atoms with Gasteiger partial charge in [-0.1, -0.05) is 41.9 Å². The van der Waals surface area contributed by atoms with Gasteiger partial charge in [-0.2, -0.15) is 0 Å². The molecule has 26 heavy (non-hydrogen) atoms. The van der Waals surface area contributed by atoms with Gasteiger partial charge in [0.1, 0.15) is 0 Å². The maximum atomic E-state index is 13.0. The largest absolute Gasteiger partial charge is 0.303 e. The normalized spacial score (nSPS) is 11.1. The summed E-state index contributed by atoms with van der Waals surface area (Å²) in [6.45, 7) is 0.356. The number of rotatable bonds is 3. The summed E-state index contributed by atoms with van der Waals surface area (Å²) in [4.78, 5) is 23.8. The second kappa shape index (κ2) is 6.28. The van der Waals surface area contributed by atoms with E-state index in [1.165, 1.54) is 12.1 Å². The summed E-state index contributed by atoms with van der Waals surface area (Å²) < 4.78 is 1.64. The third-order valence-corrected chi connectivity index (χ3v) is 4.68. The summed E-state index contributed by atoms with van der Waals surface area (Å²) in [5, 5.41) is 13.7. The van der Waals surface area contributed by atoms with Crippen LogP contribution in [-0.4, -0.2) is 9.49 Å². The zero-order valence-corrected chi connectivity index (χ0v) is 14.3. The quantitative estimate of drug-likeness (QED) is 0.299. The Morgan fingerprint density at radius 2 is 1.62 bits per heavy atom. The molecule has 0 saturated heterocycles. The molecule has 0 spiro atoms. The molecule has 0 N–H and O–H groups in total. The molecule has 5 nitrogen and oxygen atoms in total. The molecule has 0 aliphatic carbocycles. The van der Waals surface area contributed by atoms with Crippen molar-refractivity contribution in [2.24, 2.45) is 0 Å². The van der Waals surface area contributed by atoms with Crippen LogP contribution in [0.15, 0.2) is 71.5 Å². The highest BCUT2D eigenvalue weighted by Crippen LogP contribution is 2.27. The summed E-state index contributed by atoms with van der Waals surface area (Å²) in [5.74, 6) is 0. The number of hydrogen-bond donors (Lipinski definition) is 0. The zero-order chi connectivity index (χ0) is 18.3. The predicted molar refractivity (Wildman–Crippen MR) is 103 cm³/mol. The molecule has 0 radical (unpaired) electrons. The van der Waals surface area contributed by atoms with Gasteiger partial charge in [-0.25, -0.2) is 0 Å². The molecule has 0 aliphatic heterocycles. The number of pyridine rings is 1. The molecule has 0 amide bonds. The molecular weight excluding hydrogens is 352 g/mol. The lowest BCUT2D eigenvalue weighted by molar-refractivity contribution is -0.384. The highest BCUT2D eigenvalue weighted by molar-refractivity contribution is 6.30. The van der Waals surface area contributed by atoms with Crippen LogP contribution in [-0.2, 0) is 6.54 Å². The van der Waals surface area contributed by atoms with Crippen LogP contribution in [0.3, 0.4) is 0 Å². The molecule has 0 atom stereocenters. The van der Waals surface area contributed by atoms with Gasteiger partial charge in [-0.05, 0) is 35.2 Å². The standard InChI is InChI=1S/C20H13ClN2O3/c21-14-7-5-13(6-8-14)12-22-19-10-9-15(23(25)26)11-18(19)16-3-1-2-4-17(16)20(22)24/h1-11H,12H2. The topological polar surface area (TPSA) is 65.1 Å². The van der Waals surface area contributed by atoms with Gasteiger partial charge in [0.25, 0.3) is 11.2 Å². The first kappa shape index (κ1) is 16.3. The SMILES string of the molecule is O=c1c2ccccc2c2cc([N+](=O)[O-])ccc2n1Cc1ccc(Cl)cc1. The minimum absolute atomic E-state index is 0.000607. The Kier molecular flexibility index (Phi) is 3.93. The maximum absolute atomic E-state index is 13.0. The van der Waals surface area contributed by atoms with Crippen molar-refractivity contribution in [1.29, 1.82) is 0 Å². The van der Waals surface area contributed by atoms with E-state index in [9.17, 15) is 14.9 Å². The number of hydrogen-bond acceptors (Lipinski definition) is 3. The van der Waals surface area contributed by atoms with Crippen LogP contribution in [0.25, 0.3) is 21.7 Å². The van der Waals surface area contributed by atoms with Crippen molar-refractivity contribution >= 4 is 39.0 Å². The molecule has 128 valence electrons. The van der Waals surface area contributed by atoms with E-state index < -0.39 is 4.92 Å². The van der Waals surface area contributed by atoms with Gasteiger partial charge in [-0.3, -0.25) is 14.9 Å². The Morgan fingerprint density at radius 3 is 2.31 bits per heavy atom. The van der Waals surface area contributed by atoms with Crippen LogP contribution in [0.2, 0.25) is 5.02 Å². The average molecular weight is 365 g/mol. The van der Waals surface area contributed by atoms with Crippen LogP contribution in [0.5, 0.6) is 0 Å². The Hall–Kier alpha value is -3.18. The van der Waals surface area contributed by atoms with E-state index in [-0.39, 0.29) is 11.2 Å². The Labute approximate surface area is 153 Å². The molecular formula is C20H13ClN2O3. The van der Waals surface area contributed by atoms with E-state index in [0.717, 1.165) is 5.56 Å². The van der Waals surface area contributed by atoms with Crippen LogP contribution in [0.1, 0.15) is 5.56 Å². The fraction of sp³-hybridized carbons (Fsp3) is 0.0500. The van der Waals surface area contributed by atoms with Gasteiger partial charge < -0.3 is 4.57 Å². The van der Waals surface area contributed by atoms with Crippen LogP contribution < -0.4 is 5.56 Å². The lowest BCUT2D eigenvalue weighted by atomic mass is 10.0. The van der Waals surface area contributed by atoms with Gasteiger partial charge in [0.05, 0.1) is 17.0 Å². The number of aromatic nitrogens is 1. The first-order valence-electron chi connectivity index (χ1n) is 7.99. The Morgan fingerprint density at radius 1 is 0.923 bits per heavy atom. The fourth-order valence-electron chi connectivity index (χ4n) is 3.18. The van der Waals surface area contributed by atoms with E-state index >= 15 is 0 Å². The summed E-state index contributed by atoms with van der Waals surface area (Å²) in [6.07, 6.45) is 0. The van der Waals surface area contributed by atoms with E-state index in [2.05, 4.69) is 0 Å². The van der Waals surface area contributed by atoms with E-state index in [0.29, 0.717) is 33.2 Å². The smallest absolute Gasteiger partial charge is 0.270 e. The first-order valence-corrected chi connectivity index (χ1v) is 8.36. The lowest BCUT2D eigenvalue weighted by Crippen LogP contribution is -2.21. The molecule has 0 aliphatic rings. The predicted octanol–water partition coefficient (Wildman–Crippen LogP) is 4.76. The maximum Gasteiger partial charge on any atom is 0.270 e. The van der Waals surface area contributed by atoms with E-state index in [4.69, 9.17) is 11.6 Å².